The van der Waals surface area contributed by atoms with Crippen molar-refractivity contribution < 1.29 is 14.3 Å². The van der Waals surface area contributed by atoms with Crippen molar-refractivity contribution in [2.24, 2.45) is 4.99 Å². The normalized spacial score (nSPS) is 12.0. The van der Waals surface area contributed by atoms with Crippen molar-refractivity contribution in [3.8, 4) is 0 Å². The number of nitrogens with one attached hydrogen (secondary N) is 2. The molecule has 7 nitrogen and oxygen atoms in total. The van der Waals surface area contributed by atoms with Gasteiger partial charge in [0, 0.05) is 46.4 Å². The van der Waals surface area contributed by atoms with Crippen molar-refractivity contribution in [3.05, 3.63) is 0 Å². The van der Waals surface area contributed by atoms with E-state index < -0.39 is 5.60 Å². The first kappa shape index (κ1) is 22.5. The Balaban J connectivity index is 4.08. The van der Waals surface area contributed by atoms with Gasteiger partial charge in [-0.15, -0.1) is 0 Å². The molecule has 1 amide bonds. The summed E-state index contributed by atoms with van der Waals surface area (Å²) in [7, 11) is 1.73. The van der Waals surface area contributed by atoms with Crippen LogP contribution in [0.5, 0.6) is 0 Å². The van der Waals surface area contributed by atoms with Crippen molar-refractivity contribution in [1.82, 2.24) is 15.5 Å². The summed E-state index contributed by atoms with van der Waals surface area (Å²) in [5.41, 5.74) is -0.476. The predicted molar refractivity (Wildman–Crippen MR) is 98.6 cm³/mol. The molecular weight excluding hydrogens is 308 g/mol. The molecule has 0 aliphatic heterocycles. The molecule has 0 aliphatic carbocycles. The van der Waals surface area contributed by atoms with E-state index in [-0.39, 0.29) is 6.09 Å². The Morgan fingerprint density at radius 2 is 1.88 bits per heavy atom. The van der Waals surface area contributed by atoms with Gasteiger partial charge in [0.1, 0.15) is 5.60 Å². The zero-order valence-electron chi connectivity index (χ0n) is 16.3. The van der Waals surface area contributed by atoms with Gasteiger partial charge in [-0.05, 0) is 47.5 Å². The summed E-state index contributed by atoms with van der Waals surface area (Å²) in [5, 5.41) is 6.43. The van der Waals surface area contributed by atoms with E-state index in [4.69, 9.17) is 9.47 Å². The van der Waals surface area contributed by atoms with Crippen molar-refractivity contribution >= 4 is 12.1 Å². The van der Waals surface area contributed by atoms with Crippen LogP contribution in [0.25, 0.3) is 0 Å². The Hall–Kier alpha value is -1.50. The molecule has 0 fully saturated rings. The maximum absolute atomic E-state index is 11.9. The van der Waals surface area contributed by atoms with Gasteiger partial charge in [-0.3, -0.25) is 4.99 Å². The zero-order chi connectivity index (χ0) is 18.4. The summed E-state index contributed by atoms with van der Waals surface area (Å²) in [6.07, 6.45) is 1.69. The number of rotatable bonds is 10. The van der Waals surface area contributed by atoms with E-state index in [2.05, 4.69) is 15.6 Å². The smallest absolute Gasteiger partial charge is 0.410 e. The molecule has 0 bridgehead atoms. The summed E-state index contributed by atoms with van der Waals surface area (Å²) >= 11 is 0. The van der Waals surface area contributed by atoms with Crippen LogP contribution in [0.4, 0.5) is 4.79 Å². The Morgan fingerprint density at radius 1 is 1.17 bits per heavy atom. The molecule has 0 rings (SSSR count). The number of hydrogen-bond donors (Lipinski definition) is 2. The molecule has 7 heteroatoms. The lowest BCUT2D eigenvalue weighted by molar-refractivity contribution is 0.0302. The summed E-state index contributed by atoms with van der Waals surface area (Å²) in [6, 6.07) is 0. The summed E-state index contributed by atoms with van der Waals surface area (Å²) in [6.45, 7) is 13.9. The number of carbonyl (C=O) groups excluding carboxylic acids is 1. The standard InChI is InChI=1S/C17H36N4O3/c1-7-18-15(19-11-9-10-14-23-8-2)20-12-13-21(6)16(22)24-17(3,4)5/h7-14H2,1-6H3,(H2,18,19,20). The molecule has 24 heavy (non-hydrogen) atoms. The van der Waals surface area contributed by atoms with Crippen LogP contribution in [0.15, 0.2) is 4.99 Å². The molecule has 0 aromatic carbocycles. The predicted octanol–water partition coefficient (Wildman–Crippen LogP) is 2.23. The minimum Gasteiger partial charge on any atom is -0.444 e. The lowest BCUT2D eigenvalue weighted by atomic mass is 10.2. The van der Waals surface area contributed by atoms with Crippen LogP contribution < -0.4 is 10.6 Å². The molecule has 0 radical (unpaired) electrons. The largest absolute Gasteiger partial charge is 0.444 e. The molecule has 0 aromatic rings. The molecule has 0 saturated heterocycles. The fourth-order valence-corrected chi connectivity index (χ4v) is 1.77. The molecule has 0 spiro atoms. The minimum atomic E-state index is -0.476. The van der Waals surface area contributed by atoms with Gasteiger partial charge in [-0.25, -0.2) is 4.79 Å². The van der Waals surface area contributed by atoms with Crippen molar-refractivity contribution in [2.75, 3.05) is 46.4 Å². The lowest BCUT2D eigenvalue weighted by Gasteiger charge is -2.24. The van der Waals surface area contributed by atoms with Crippen LogP contribution in [-0.4, -0.2) is 69.0 Å². The molecule has 0 atom stereocenters. The Bertz CT molecular complexity index is 367. The van der Waals surface area contributed by atoms with Gasteiger partial charge in [0.05, 0.1) is 0 Å². The SMILES string of the molecule is CCNC(=NCCCCOCC)NCCN(C)C(=O)OC(C)(C)C. The van der Waals surface area contributed by atoms with Crippen LogP contribution in [0.3, 0.4) is 0 Å². The van der Waals surface area contributed by atoms with Gasteiger partial charge in [0.25, 0.3) is 0 Å². The van der Waals surface area contributed by atoms with E-state index in [0.29, 0.717) is 13.1 Å². The fraction of sp³-hybridized carbons (Fsp3) is 0.882. The van der Waals surface area contributed by atoms with Crippen molar-refractivity contribution in [1.29, 1.82) is 0 Å². The number of guanidine groups is 1. The highest BCUT2D eigenvalue weighted by Gasteiger charge is 2.19. The number of aliphatic imine (C=N–C) groups is 1. The monoisotopic (exact) mass is 344 g/mol. The molecule has 0 saturated carbocycles. The highest BCUT2D eigenvalue weighted by atomic mass is 16.6. The first-order valence-electron chi connectivity index (χ1n) is 8.84. The topological polar surface area (TPSA) is 75.2 Å². The summed E-state index contributed by atoms with van der Waals surface area (Å²) in [5.74, 6) is 0.770. The van der Waals surface area contributed by atoms with Gasteiger partial charge >= 0.3 is 6.09 Å². The fourth-order valence-electron chi connectivity index (χ4n) is 1.77. The number of ether oxygens (including phenoxy) is 2. The van der Waals surface area contributed by atoms with Crippen LogP contribution >= 0.6 is 0 Å². The molecule has 142 valence electrons. The second-order valence-electron chi connectivity index (χ2n) is 6.49. The van der Waals surface area contributed by atoms with Gasteiger partial charge in [0.2, 0.25) is 0 Å². The third-order valence-electron chi connectivity index (χ3n) is 2.96. The van der Waals surface area contributed by atoms with Crippen molar-refractivity contribution in [3.63, 3.8) is 0 Å². The maximum atomic E-state index is 11.9. The van der Waals surface area contributed by atoms with Gasteiger partial charge in [-0.1, -0.05) is 0 Å². The van der Waals surface area contributed by atoms with E-state index in [1.807, 2.05) is 34.6 Å². The first-order valence-corrected chi connectivity index (χ1v) is 8.84. The first-order chi connectivity index (χ1) is 11.3. The minimum absolute atomic E-state index is 0.317. The second-order valence-corrected chi connectivity index (χ2v) is 6.49. The number of hydrogen-bond acceptors (Lipinski definition) is 4. The average Bonchev–Trinajstić information content (AvgIpc) is 2.48. The van der Waals surface area contributed by atoms with Gasteiger partial charge in [0.15, 0.2) is 5.96 Å². The van der Waals surface area contributed by atoms with Crippen LogP contribution in [-0.2, 0) is 9.47 Å². The Kier molecular flexibility index (Phi) is 12.1. The average molecular weight is 345 g/mol. The number of likely N-dealkylation sites (N-methyl/N-ethyl adjacent to an activating group) is 1. The number of nitrogens with zero attached hydrogens (tertiary/aromatic N) is 2. The van der Waals surface area contributed by atoms with Crippen LogP contribution in [0.2, 0.25) is 0 Å². The summed E-state index contributed by atoms with van der Waals surface area (Å²) < 4.78 is 10.6. The lowest BCUT2D eigenvalue weighted by Crippen LogP contribution is -2.43. The Labute approximate surface area is 147 Å². The van der Waals surface area contributed by atoms with E-state index in [0.717, 1.165) is 45.1 Å². The molecule has 0 unspecified atom stereocenters. The quantitative estimate of drug-likeness (QED) is 0.361. The van der Waals surface area contributed by atoms with E-state index in [1.54, 1.807) is 11.9 Å². The third kappa shape index (κ3) is 13.0. The molecule has 0 aromatic heterocycles. The number of unbranched alkanes of at least 4 members (excludes halogenated alkanes) is 1. The summed E-state index contributed by atoms with van der Waals surface area (Å²) in [4.78, 5) is 18.0. The van der Waals surface area contributed by atoms with E-state index in [1.165, 1.54) is 0 Å². The van der Waals surface area contributed by atoms with Crippen molar-refractivity contribution in [2.45, 2.75) is 53.1 Å². The van der Waals surface area contributed by atoms with E-state index in [9.17, 15) is 4.79 Å². The van der Waals surface area contributed by atoms with Gasteiger partial charge in [-0.2, -0.15) is 0 Å². The highest BCUT2D eigenvalue weighted by Crippen LogP contribution is 2.08. The molecule has 2 N–H and O–H groups in total. The van der Waals surface area contributed by atoms with Crippen LogP contribution in [0, 0.1) is 0 Å². The van der Waals surface area contributed by atoms with Gasteiger partial charge < -0.3 is 25.0 Å². The highest BCUT2D eigenvalue weighted by molar-refractivity contribution is 5.79. The van der Waals surface area contributed by atoms with E-state index >= 15 is 0 Å². The second kappa shape index (κ2) is 12.9. The Morgan fingerprint density at radius 3 is 2.46 bits per heavy atom. The molecular formula is C17H36N4O3. The molecule has 0 aliphatic rings. The zero-order valence-corrected chi connectivity index (χ0v) is 16.3. The number of carbonyl (C=O) groups is 1. The van der Waals surface area contributed by atoms with Crippen LogP contribution in [0.1, 0.15) is 47.5 Å². The number of amides is 1. The maximum Gasteiger partial charge on any atom is 0.410 e. The molecule has 0 heterocycles. The third-order valence-corrected chi connectivity index (χ3v) is 2.96.